The summed E-state index contributed by atoms with van der Waals surface area (Å²) in [5, 5.41) is 3.19. The van der Waals surface area contributed by atoms with Gasteiger partial charge in [0.15, 0.2) is 0 Å². The molecule has 1 N–H and O–H groups in total. The third-order valence-electron chi connectivity index (χ3n) is 2.59. The number of carbonyl (C=O) groups excluding carboxylic acids is 1. The SMILES string of the molecule is Cc1cccnc1CNC(=O)c1cnc(Cl)c(Cl)c1. The smallest absolute Gasteiger partial charge is 0.253 e. The lowest BCUT2D eigenvalue weighted by atomic mass is 10.2. The summed E-state index contributed by atoms with van der Waals surface area (Å²) < 4.78 is 0. The van der Waals surface area contributed by atoms with E-state index in [9.17, 15) is 4.79 Å². The molecule has 0 atom stereocenters. The van der Waals surface area contributed by atoms with Gasteiger partial charge in [0.25, 0.3) is 5.91 Å². The molecule has 0 fully saturated rings. The van der Waals surface area contributed by atoms with Crippen LogP contribution in [-0.2, 0) is 6.54 Å². The number of rotatable bonds is 3. The third kappa shape index (κ3) is 3.43. The van der Waals surface area contributed by atoms with Gasteiger partial charge in [0.2, 0.25) is 0 Å². The maximum absolute atomic E-state index is 11.9. The second-order valence-corrected chi connectivity index (χ2v) is 4.71. The van der Waals surface area contributed by atoms with Crippen LogP contribution in [0.15, 0.2) is 30.6 Å². The fraction of sp³-hybridized carbons (Fsp3) is 0.154. The van der Waals surface area contributed by atoms with E-state index >= 15 is 0 Å². The number of pyridine rings is 2. The molecule has 0 spiro atoms. The van der Waals surface area contributed by atoms with Crippen LogP contribution in [0, 0.1) is 6.92 Å². The molecule has 0 aliphatic rings. The van der Waals surface area contributed by atoms with Crippen LogP contribution in [0.5, 0.6) is 0 Å². The largest absolute Gasteiger partial charge is 0.346 e. The molecule has 6 heteroatoms. The van der Waals surface area contributed by atoms with E-state index in [1.807, 2.05) is 19.1 Å². The zero-order chi connectivity index (χ0) is 13.8. The van der Waals surface area contributed by atoms with Crippen molar-refractivity contribution in [2.75, 3.05) is 0 Å². The van der Waals surface area contributed by atoms with Crippen molar-refractivity contribution in [2.24, 2.45) is 0 Å². The average molecular weight is 296 g/mol. The minimum Gasteiger partial charge on any atom is -0.346 e. The lowest BCUT2D eigenvalue weighted by molar-refractivity contribution is 0.0950. The number of amides is 1. The predicted molar refractivity (Wildman–Crippen MR) is 74.4 cm³/mol. The van der Waals surface area contributed by atoms with Gasteiger partial charge in [0, 0.05) is 12.4 Å². The van der Waals surface area contributed by atoms with E-state index in [0.717, 1.165) is 11.3 Å². The lowest BCUT2D eigenvalue weighted by Gasteiger charge is -2.07. The number of aryl methyl sites for hydroxylation is 1. The molecule has 2 aromatic heterocycles. The van der Waals surface area contributed by atoms with Crippen molar-refractivity contribution in [1.82, 2.24) is 15.3 Å². The summed E-state index contributed by atoms with van der Waals surface area (Å²) in [4.78, 5) is 19.9. The molecule has 2 aromatic rings. The highest BCUT2D eigenvalue weighted by Crippen LogP contribution is 2.19. The fourth-order valence-corrected chi connectivity index (χ4v) is 1.78. The van der Waals surface area contributed by atoms with Crippen molar-refractivity contribution >= 4 is 29.1 Å². The Morgan fingerprint density at radius 1 is 1.37 bits per heavy atom. The van der Waals surface area contributed by atoms with Gasteiger partial charge < -0.3 is 5.32 Å². The average Bonchev–Trinajstić information content (AvgIpc) is 2.40. The molecule has 0 aliphatic heterocycles. The van der Waals surface area contributed by atoms with Crippen LogP contribution >= 0.6 is 23.2 Å². The van der Waals surface area contributed by atoms with Gasteiger partial charge in [0.05, 0.1) is 22.8 Å². The Hall–Kier alpha value is -1.65. The fourth-order valence-electron chi connectivity index (χ4n) is 1.51. The lowest BCUT2D eigenvalue weighted by Crippen LogP contribution is -2.23. The highest BCUT2D eigenvalue weighted by molar-refractivity contribution is 6.41. The second-order valence-electron chi connectivity index (χ2n) is 3.95. The zero-order valence-electron chi connectivity index (χ0n) is 10.2. The first-order valence-corrected chi connectivity index (χ1v) is 6.33. The molecule has 0 aliphatic carbocycles. The summed E-state index contributed by atoms with van der Waals surface area (Å²) in [6, 6.07) is 5.27. The van der Waals surface area contributed by atoms with E-state index in [-0.39, 0.29) is 16.1 Å². The number of halogens is 2. The van der Waals surface area contributed by atoms with Gasteiger partial charge >= 0.3 is 0 Å². The van der Waals surface area contributed by atoms with Gasteiger partial charge in [-0.15, -0.1) is 0 Å². The normalized spacial score (nSPS) is 10.3. The Balaban J connectivity index is 2.05. The molecule has 1 amide bonds. The molecule has 2 heterocycles. The van der Waals surface area contributed by atoms with Crippen LogP contribution in [0.3, 0.4) is 0 Å². The summed E-state index contributed by atoms with van der Waals surface area (Å²) in [6.45, 7) is 2.29. The molecule has 0 saturated carbocycles. The minimum atomic E-state index is -0.267. The highest BCUT2D eigenvalue weighted by Gasteiger charge is 2.09. The van der Waals surface area contributed by atoms with Crippen LogP contribution in [0.25, 0.3) is 0 Å². The Morgan fingerprint density at radius 3 is 2.84 bits per heavy atom. The van der Waals surface area contributed by atoms with Crippen molar-refractivity contribution in [2.45, 2.75) is 13.5 Å². The van der Waals surface area contributed by atoms with Crippen molar-refractivity contribution in [3.63, 3.8) is 0 Å². The van der Waals surface area contributed by atoms with Crippen molar-refractivity contribution in [3.05, 3.63) is 57.6 Å². The number of nitrogens with one attached hydrogen (secondary N) is 1. The first kappa shape index (κ1) is 13.8. The number of hydrogen-bond acceptors (Lipinski definition) is 3. The van der Waals surface area contributed by atoms with Gasteiger partial charge in [-0.3, -0.25) is 9.78 Å². The maximum Gasteiger partial charge on any atom is 0.253 e. The van der Waals surface area contributed by atoms with E-state index in [0.29, 0.717) is 12.1 Å². The molecule has 2 rings (SSSR count). The maximum atomic E-state index is 11.9. The quantitative estimate of drug-likeness (QED) is 0.886. The zero-order valence-corrected chi connectivity index (χ0v) is 11.7. The molecular weight excluding hydrogens is 285 g/mol. The molecule has 0 radical (unpaired) electrons. The van der Waals surface area contributed by atoms with Crippen LogP contribution in [0.2, 0.25) is 10.2 Å². The third-order valence-corrected chi connectivity index (χ3v) is 3.28. The molecule has 0 saturated heterocycles. The molecule has 19 heavy (non-hydrogen) atoms. The summed E-state index contributed by atoms with van der Waals surface area (Å²) in [5.41, 5.74) is 2.21. The highest BCUT2D eigenvalue weighted by atomic mass is 35.5. The number of nitrogens with zero attached hydrogens (tertiary/aromatic N) is 2. The monoisotopic (exact) mass is 295 g/mol. The van der Waals surface area contributed by atoms with Crippen molar-refractivity contribution in [3.8, 4) is 0 Å². The van der Waals surface area contributed by atoms with Gasteiger partial charge in [-0.05, 0) is 24.6 Å². The Kier molecular flexibility index (Phi) is 4.35. The van der Waals surface area contributed by atoms with E-state index in [1.54, 1.807) is 6.20 Å². The summed E-state index contributed by atoms with van der Waals surface area (Å²) in [5.74, 6) is -0.267. The van der Waals surface area contributed by atoms with Crippen LogP contribution in [0.1, 0.15) is 21.6 Å². The first-order chi connectivity index (χ1) is 9.08. The number of aromatic nitrogens is 2. The first-order valence-electron chi connectivity index (χ1n) is 5.57. The van der Waals surface area contributed by atoms with E-state index in [2.05, 4.69) is 15.3 Å². The van der Waals surface area contributed by atoms with Gasteiger partial charge in [-0.1, -0.05) is 29.3 Å². The van der Waals surface area contributed by atoms with E-state index < -0.39 is 0 Å². The van der Waals surface area contributed by atoms with Crippen molar-refractivity contribution < 1.29 is 4.79 Å². The summed E-state index contributed by atoms with van der Waals surface area (Å²) >= 11 is 11.5. The molecular formula is C13H11Cl2N3O. The van der Waals surface area contributed by atoms with E-state index in [1.165, 1.54) is 12.3 Å². The second kappa shape index (κ2) is 5.99. The number of carbonyl (C=O) groups is 1. The predicted octanol–water partition coefficient (Wildman–Crippen LogP) is 3.02. The molecule has 0 unspecified atom stereocenters. The van der Waals surface area contributed by atoms with Crippen LogP contribution in [-0.4, -0.2) is 15.9 Å². The molecule has 4 nitrogen and oxygen atoms in total. The van der Waals surface area contributed by atoms with Crippen LogP contribution < -0.4 is 5.32 Å². The molecule has 98 valence electrons. The summed E-state index contributed by atoms with van der Waals surface area (Å²) in [6.07, 6.45) is 3.07. The standard InChI is InChI=1S/C13H11Cl2N3O/c1-8-3-2-4-16-11(8)7-18-13(19)9-5-10(14)12(15)17-6-9/h2-6H,7H2,1H3,(H,18,19). The van der Waals surface area contributed by atoms with Gasteiger partial charge in [-0.25, -0.2) is 4.98 Å². The van der Waals surface area contributed by atoms with Gasteiger partial charge in [0.1, 0.15) is 5.15 Å². The van der Waals surface area contributed by atoms with Crippen LogP contribution in [0.4, 0.5) is 0 Å². The molecule has 0 aromatic carbocycles. The minimum absolute atomic E-state index is 0.179. The molecule has 0 bridgehead atoms. The topological polar surface area (TPSA) is 54.9 Å². The summed E-state index contributed by atoms with van der Waals surface area (Å²) in [7, 11) is 0. The number of hydrogen-bond donors (Lipinski definition) is 1. The Labute approximate surface area is 120 Å². The van der Waals surface area contributed by atoms with E-state index in [4.69, 9.17) is 23.2 Å². The Morgan fingerprint density at radius 2 is 2.16 bits per heavy atom. The van der Waals surface area contributed by atoms with Gasteiger partial charge in [-0.2, -0.15) is 0 Å². The van der Waals surface area contributed by atoms with Crippen molar-refractivity contribution in [1.29, 1.82) is 0 Å². The Bertz CT molecular complexity index is 617.